The van der Waals surface area contributed by atoms with Crippen molar-refractivity contribution in [3.63, 3.8) is 0 Å². The molecule has 0 aromatic carbocycles. The molecule has 0 bridgehead atoms. The number of ether oxygens (including phenoxy) is 1. The van der Waals surface area contributed by atoms with Crippen LogP contribution in [0.3, 0.4) is 0 Å². The average Bonchev–Trinajstić information content (AvgIpc) is 2.17. The molecular formula is C14H23N3O. The molecule has 1 aromatic rings. The lowest BCUT2D eigenvalue weighted by atomic mass is 9.99. The molecule has 1 aliphatic rings. The molecule has 2 N–H and O–H groups in total. The summed E-state index contributed by atoms with van der Waals surface area (Å²) in [6.07, 6.45) is 1.83. The van der Waals surface area contributed by atoms with E-state index in [4.69, 9.17) is 10.5 Å². The first-order valence-corrected chi connectivity index (χ1v) is 6.36. The Morgan fingerprint density at radius 3 is 2.28 bits per heavy atom. The molecule has 0 atom stereocenters. The molecule has 1 aromatic heterocycles. The Bertz CT molecular complexity index is 438. The van der Waals surface area contributed by atoms with E-state index in [1.54, 1.807) is 0 Å². The van der Waals surface area contributed by atoms with Gasteiger partial charge in [-0.25, -0.2) is 4.98 Å². The summed E-state index contributed by atoms with van der Waals surface area (Å²) in [4.78, 5) is 6.73. The van der Waals surface area contributed by atoms with Crippen LogP contribution in [0.25, 0.3) is 0 Å². The lowest BCUT2D eigenvalue weighted by Crippen LogP contribution is -2.57. The fraction of sp³-hybridized carbons (Fsp3) is 0.643. The second-order valence-electron chi connectivity index (χ2n) is 6.38. The topological polar surface area (TPSA) is 51.4 Å². The summed E-state index contributed by atoms with van der Waals surface area (Å²) in [6, 6.07) is 1.95. The Kier molecular flexibility index (Phi) is 3.01. The van der Waals surface area contributed by atoms with Crippen molar-refractivity contribution >= 4 is 11.5 Å². The second kappa shape index (κ2) is 4.12. The lowest BCUT2D eigenvalue weighted by molar-refractivity contribution is -0.133. The van der Waals surface area contributed by atoms with Crippen molar-refractivity contribution in [1.82, 2.24) is 4.98 Å². The van der Waals surface area contributed by atoms with Crippen LogP contribution < -0.4 is 10.6 Å². The number of aryl methyl sites for hydroxylation is 1. The number of hydrogen-bond acceptors (Lipinski definition) is 4. The van der Waals surface area contributed by atoms with Crippen molar-refractivity contribution in [2.75, 3.05) is 23.7 Å². The van der Waals surface area contributed by atoms with E-state index in [0.29, 0.717) is 0 Å². The number of hydrogen-bond donors (Lipinski definition) is 1. The molecule has 0 aliphatic carbocycles. The predicted octanol–water partition coefficient (Wildman–Crippen LogP) is 2.37. The molecule has 4 nitrogen and oxygen atoms in total. The van der Waals surface area contributed by atoms with E-state index < -0.39 is 0 Å². The van der Waals surface area contributed by atoms with Crippen LogP contribution in [0, 0.1) is 6.92 Å². The van der Waals surface area contributed by atoms with Crippen LogP contribution in [0.2, 0.25) is 0 Å². The van der Waals surface area contributed by atoms with Crippen LogP contribution in [-0.4, -0.2) is 29.3 Å². The highest BCUT2D eigenvalue weighted by Gasteiger charge is 2.38. The summed E-state index contributed by atoms with van der Waals surface area (Å²) in [5.74, 6) is 0.933. The Balaban J connectivity index is 2.29. The second-order valence-corrected chi connectivity index (χ2v) is 6.38. The minimum Gasteiger partial charge on any atom is -0.398 e. The van der Waals surface area contributed by atoms with Crippen LogP contribution in [0.15, 0.2) is 12.3 Å². The van der Waals surface area contributed by atoms with E-state index in [-0.39, 0.29) is 11.2 Å². The normalized spacial score (nSPS) is 21.9. The summed E-state index contributed by atoms with van der Waals surface area (Å²) >= 11 is 0. The van der Waals surface area contributed by atoms with E-state index in [9.17, 15) is 0 Å². The maximum absolute atomic E-state index is 6.07. The van der Waals surface area contributed by atoms with Gasteiger partial charge in [-0.3, -0.25) is 0 Å². The minimum atomic E-state index is -0.178. The lowest BCUT2D eigenvalue weighted by Gasteiger charge is -2.47. The van der Waals surface area contributed by atoms with Gasteiger partial charge in [-0.05, 0) is 40.2 Å². The molecule has 1 aliphatic heterocycles. The number of rotatable bonds is 1. The molecule has 0 radical (unpaired) electrons. The van der Waals surface area contributed by atoms with E-state index in [1.165, 1.54) is 0 Å². The minimum absolute atomic E-state index is 0.178. The van der Waals surface area contributed by atoms with Crippen molar-refractivity contribution in [2.45, 2.75) is 45.8 Å². The number of morpholine rings is 1. The molecule has 1 saturated heterocycles. The van der Waals surface area contributed by atoms with Crippen molar-refractivity contribution < 1.29 is 4.74 Å². The zero-order valence-corrected chi connectivity index (χ0v) is 11.9. The summed E-state index contributed by atoms with van der Waals surface area (Å²) in [7, 11) is 0. The largest absolute Gasteiger partial charge is 0.398 e. The van der Waals surface area contributed by atoms with Crippen LogP contribution in [0.1, 0.15) is 33.3 Å². The van der Waals surface area contributed by atoms with E-state index in [1.807, 2.05) is 19.2 Å². The van der Waals surface area contributed by atoms with Crippen molar-refractivity contribution in [1.29, 1.82) is 0 Å². The Labute approximate surface area is 109 Å². The van der Waals surface area contributed by atoms with Gasteiger partial charge in [0.2, 0.25) is 0 Å². The maximum Gasteiger partial charge on any atom is 0.130 e. The zero-order chi connectivity index (χ0) is 13.6. The van der Waals surface area contributed by atoms with Gasteiger partial charge in [0, 0.05) is 31.0 Å². The van der Waals surface area contributed by atoms with Crippen LogP contribution in [0.5, 0.6) is 0 Å². The Morgan fingerprint density at radius 2 is 1.78 bits per heavy atom. The third-order valence-corrected chi connectivity index (χ3v) is 3.15. The SMILES string of the molecule is Cc1cnc(N2CC(C)(C)OC(C)(C)C2)cc1N. The van der Waals surface area contributed by atoms with E-state index in [0.717, 1.165) is 30.2 Å². The molecular weight excluding hydrogens is 226 g/mol. The quantitative estimate of drug-likeness (QED) is 0.830. The monoisotopic (exact) mass is 249 g/mol. The molecule has 1 fully saturated rings. The number of nitrogens with zero attached hydrogens (tertiary/aromatic N) is 2. The number of pyridine rings is 1. The van der Waals surface area contributed by atoms with Crippen LogP contribution >= 0.6 is 0 Å². The van der Waals surface area contributed by atoms with Crippen LogP contribution in [0.4, 0.5) is 11.5 Å². The molecule has 2 heterocycles. The average molecular weight is 249 g/mol. The highest BCUT2D eigenvalue weighted by atomic mass is 16.5. The summed E-state index contributed by atoms with van der Waals surface area (Å²) in [5, 5.41) is 0. The van der Waals surface area contributed by atoms with Gasteiger partial charge in [0.15, 0.2) is 0 Å². The fourth-order valence-corrected chi connectivity index (χ4v) is 2.65. The third-order valence-electron chi connectivity index (χ3n) is 3.15. The standard InChI is InChI=1S/C14H23N3O/c1-10-7-16-12(6-11(10)15)17-8-13(2,3)18-14(4,5)9-17/h6-7H,8-9H2,1-5H3,(H2,15,16). The first-order valence-electron chi connectivity index (χ1n) is 6.36. The zero-order valence-electron chi connectivity index (χ0n) is 11.9. The van der Waals surface area contributed by atoms with Crippen molar-refractivity contribution in [3.05, 3.63) is 17.8 Å². The van der Waals surface area contributed by atoms with Crippen LogP contribution in [-0.2, 0) is 4.74 Å². The number of nitrogen functional groups attached to an aromatic ring is 1. The molecule has 18 heavy (non-hydrogen) atoms. The summed E-state index contributed by atoms with van der Waals surface area (Å²) < 4.78 is 6.07. The smallest absolute Gasteiger partial charge is 0.130 e. The molecule has 0 saturated carbocycles. The fourth-order valence-electron chi connectivity index (χ4n) is 2.65. The van der Waals surface area contributed by atoms with Gasteiger partial charge in [0.05, 0.1) is 11.2 Å². The number of anilines is 2. The Morgan fingerprint density at radius 1 is 1.22 bits per heavy atom. The first kappa shape index (κ1) is 13.1. The van der Waals surface area contributed by atoms with Gasteiger partial charge < -0.3 is 15.4 Å². The summed E-state index contributed by atoms with van der Waals surface area (Å²) in [6.45, 7) is 12.1. The molecule has 0 amide bonds. The molecule has 4 heteroatoms. The third kappa shape index (κ3) is 2.75. The number of nitrogens with two attached hydrogens (primary N) is 1. The highest BCUT2D eigenvalue weighted by molar-refractivity contribution is 5.55. The summed E-state index contributed by atoms with van der Waals surface area (Å²) in [5.41, 5.74) is 7.42. The van der Waals surface area contributed by atoms with E-state index in [2.05, 4.69) is 37.6 Å². The van der Waals surface area contributed by atoms with E-state index >= 15 is 0 Å². The predicted molar refractivity (Wildman–Crippen MR) is 74.8 cm³/mol. The van der Waals surface area contributed by atoms with Gasteiger partial charge in [-0.1, -0.05) is 0 Å². The van der Waals surface area contributed by atoms with Gasteiger partial charge in [-0.15, -0.1) is 0 Å². The first-order chi connectivity index (χ1) is 8.19. The van der Waals surface area contributed by atoms with Gasteiger partial charge in [0.1, 0.15) is 5.82 Å². The maximum atomic E-state index is 6.07. The van der Waals surface area contributed by atoms with Gasteiger partial charge in [0.25, 0.3) is 0 Å². The molecule has 0 spiro atoms. The van der Waals surface area contributed by atoms with Crippen molar-refractivity contribution in [3.8, 4) is 0 Å². The van der Waals surface area contributed by atoms with Gasteiger partial charge >= 0.3 is 0 Å². The van der Waals surface area contributed by atoms with Gasteiger partial charge in [-0.2, -0.15) is 0 Å². The molecule has 0 unspecified atom stereocenters. The number of aromatic nitrogens is 1. The molecule has 2 rings (SSSR count). The molecule has 100 valence electrons. The highest BCUT2D eigenvalue weighted by Crippen LogP contribution is 2.31. The van der Waals surface area contributed by atoms with Crippen molar-refractivity contribution in [2.24, 2.45) is 0 Å². The Hall–Kier alpha value is -1.29.